The van der Waals surface area contributed by atoms with Crippen molar-refractivity contribution in [2.75, 3.05) is 0 Å². The average Bonchev–Trinajstić information content (AvgIpc) is 2.61. The summed E-state index contributed by atoms with van der Waals surface area (Å²) in [6, 6.07) is 5.37. The molecule has 1 unspecified atom stereocenters. The first-order valence-electron chi connectivity index (χ1n) is 6.79. The van der Waals surface area contributed by atoms with E-state index in [9.17, 15) is 8.42 Å². The number of nitrogens with one attached hydrogen (secondary N) is 1. The molecule has 1 aromatic carbocycles. The van der Waals surface area contributed by atoms with Gasteiger partial charge in [-0.2, -0.15) is 0 Å². The quantitative estimate of drug-likeness (QED) is 0.925. The van der Waals surface area contributed by atoms with Crippen LogP contribution in [0.4, 0.5) is 0 Å². The van der Waals surface area contributed by atoms with Crippen molar-refractivity contribution in [2.24, 2.45) is 5.41 Å². The molecule has 0 saturated heterocycles. The van der Waals surface area contributed by atoms with Gasteiger partial charge in [0.25, 0.3) is 0 Å². The molecule has 2 rings (SSSR count). The third kappa shape index (κ3) is 3.37. The van der Waals surface area contributed by atoms with Gasteiger partial charge in [0.15, 0.2) is 0 Å². The number of hydrogen-bond acceptors (Lipinski definition) is 2. The Balaban J connectivity index is 2.17. The van der Waals surface area contributed by atoms with Gasteiger partial charge in [-0.1, -0.05) is 19.9 Å². The van der Waals surface area contributed by atoms with Crippen LogP contribution in [0.25, 0.3) is 0 Å². The van der Waals surface area contributed by atoms with Gasteiger partial charge in [-0.05, 0) is 61.8 Å². The standard InChI is InChI=1S/C15H23NO2S/c1-11-5-6-14(9-12(11)2)19(17,18)16-13-7-8-15(3,4)10-13/h5-6,9,13,16H,7-8,10H2,1-4H3. The average molecular weight is 281 g/mol. The van der Waals surface area contributed by atoms with Crippen LogP contribution in [-0.4, -0.2) is 14.5 Å². The van der Waals surface area contributed by atoms with E-state index in [1.54, 1.807) is 12.1 Å². The summed E-state index contributed by atoms with van der Waals surface area (Å²) >= 11 is 0. The Morgan fingerprint density at radius 2 is 1.89 bits per heavy atom. The molecule has 106 valence electrons. The van der Waals surface area contributed by atoms with Gasteiger partial charge in [0.1, 0.15) is 0 Å². The summed E-state index contributed by atoms with van der Waals surface area (Å²) in [5.74, 6) is 0. The monoisotopic (exact) mass is 281 g/mol. The molecule has 0 heterocycles. The maximum atomic E-state index is 12.4. The smallest absolute Gasteiger partial charge is 0.208 e. The lowest BCUT2D eigenvalue weighted by atomic mass is 9.92. The first-order chi connectivity index (χ1) is 8.70. The van der Waals surface area contributed by atoms with E-state index in [1.807, 2.05) is 19.9 Å². The molecule has 1 saturated carbocycles. The van der Waals surface area contributed by atoms with Crippen LogP contribution in [0.3, 0.4) is 0 Å². The summed E-state index contributed by atoms with van der Waals surface area (Å²) in [7, 11) is -3.38. The predicted octanol–water partition coefficient (Wildman–Crippen LogP) is 3.16. The first-order valence-corrected chi connectivity index (χ1v) is 8.28. The Morgan fingerprint density at radius 1 is 1.21 bits per heavy atom. The lowest BCUT2D eigenvalue weighted by molar-refractivity contribution is 0.372. The highest BCUT2D eigenvalue weighted by Crippen LogP contribution is 2.37. The zero-order chi connectivity index (χ0) is 14.3. The third-order valence-electron chi connectivity index (χ3n) is 4.08. The summed E-state index contributed by atoms with van der Waals surface area (Å²) in [5, 5.41) is 0. The molecule has 3 nitrogen and oxygen atoms in total. The van der Waals surface area contributed by atoms with E-state index < -0.39 is 10.0 Å². The van der Waals surface area contributed by atoms with Crippen molar-refractivity contribution < 1.29 is 8.42 Å². The maximum absolute atomic E-state index is 12.4. The van der Waals surface area contributed by atoms with Gasteiger partial charge in [-0.25, -0.2) is 13.1 Å². The lowest BCUT2D eigenvalue weighted by Gasteiger charge is -2.18. The van der Waals surface area contributed by atoms with Gasteiger partial charge in [-0.3, -0.25) is 0 Å². The highest BCUT2D eigenvalue weighted by atomic mass is 32.2. The van der Waals surface area contributed by atoms with Crippen LogP contribution in [0.5, 0.6) is 0 Å². The Bertz CT molecular complexity index is 576. The molecule has 19 heavy (non-hydrogen) atoms. The fourth-order valence-electron chi connectivity index (χ4n) is 2.71. The molecule has 1 aliphatic carbocycles. The van der Waals surface area contributed by atoms with Crippen molar-refractivity contribution in [3.05, 3.63) is 29.3 Å². The fourth-order valence-corrected chi connectivity index (χ4v) is 4.06. The Morgan fingerprint density at radius 3 is 2.42 bits per heavy atom. The molecule has 1 fully saturated rings. The summed E-state index contributed by atoms with van der Waals surface area (Å²) in [4.78, 5) is 0.375. The molecule has 1 aromatic rings. The summed E-state index contributed by atoms with van der Waals surface area (Å²) in [6.07, 6.45) is 2.92. The van der Waals surface area contributed by atoms with Crippen LogP contribution in [0.1, 0.15) is 44.2 Å². The normalized spacial score (nSPS) is 22.6. The van der Waals surface area contributed by atoms with E-state index in [2.05, 4.69) is 18.6 Å². The highest BCUT2D eigenvalue weighted by Gasteiger charge is 2.33. The molecule has 0 aliphatic heterocycles. The molecule has 0 radical (unpaired) electrons. The van der Waals surface area contributed by atoms with E-state index in [4.69, 9.17) is 0 Å². The fraction of sp³-hybridized carbons (Fsp3) is 0.600. The second-order valence-corrected chi connectivity index (χ2v) is 8.19. The second kappa shape index (κ2) is 4.91. The van der Waals surface area contributed by atoms with E-state index >= 15 is 0 Å². The number of rotatable bonds is 3. The molecule has 0 aromatic heterocycles. The second-order valence-electron chi connectivity index (χ2n) is 6.47. The zero-order valence-corrected chi connectivity index (χ0v) is 13.0. The van der Waals surface area contributed by atoms with Crippen molar-refractivity contribution in [2.45, 2.75) is 57.9 Å². The lowest BCUT2D eigenvalue weighted by Crippen LogP contribution is -2.33. The van der Waals surface area contributed by atoms with Crippen LogP contribution in [-0.2, 0) is 10.0 Å². The number of hydrogen-bond donors (Lipinski definition) is 1. The van der Waals surface area contributed by atoms with E-state index in [-0.39, 0.29) is 11.5 Å². The Hall–Kier alpha value is -0.870. The van der Waals surface area contributed by atoms with Gasteiger partial charge < -0.3 is 0 Å². The molecule has 4 heteroatoms. The van der Waals surface area contributed by atoms with Crippen LogP contribution in [0.15, 0.2) is 23.1 Å². The van der Waals surface area contributed by atoms with Crippen LogP contribution in [0, 0.1) is 19.3 Å². The number of aryl methyl sites for hydroxylation is 2. The summed E-state index contributed by atoms with van der Waals surface area (Å²) < 4.78 is 27.5. The molecular formula is C15H23NO2S. The minimum Gasteiger partial charge on any atom is -0.208 e. The summed E-state index contributed by atoms with van der Waals surface area (Å²) in [5.41, 5.74) is 2.37. The van der Waals surface area contributed by atoms with Crippen molar-refractivity contribution >= 4 is 10.0 Å². The molecule has 1 atom stereocenters. The molecule has 1 N–H and O–H groups in total. The van der Waals surface area contributed by atoms with Gasteiger partial charge in [-0.15, -0.1) is 0 Å². The van der Waals surface area contributed by atoms with Crippen LogP contribution in [0.2, 0.25) is 0 Å². The largest absolute Gasteiger partial charge is 0.240 e. The number of sulfonamides is 1. The zero-order valence-electron chi connectivity index (χ0n) is 12.2. The van der Waals surface area contributed by atoms with Crippen molar-refractivity contribution in [3.63, 3.8) is 0 Å². The van der Waals surface area contributed by atoms with Crippen LogP contribution < -0.4 is 4.72 Å². The van der Waals surface area contributed by atoms with Gasteiger partial charge in [0, 0.05) is 6.04 Å². The summed E-state index contributed by atoms with van der Waals surface area (Å²) in [6.45, 7) is 8.31. The minimum atomic E-state index is -3.38. The SMILES string of the molecule is Cc1ccc(S(=O)(=O)NC2CCC(C)(C)C2)cc1C. The highest BCUT2D eigenvalue weighted by molar-refractivity contribution is 7.89. The van der Waals surface area contributed by atoms with Crippen LogP contribution >= 0.6 is 0 Å². The topological polar surface area (TPSA) is 46.2 Å². The molecule has 0 amide bonds. The van der Waals surface area contributed by atoms with Crippen molar-refractivity contribution in [1.29, 1.82) is 0 Å². The van der Waals surface area contributed by atoms with Gasteiger partial charge in [0.05, 0.1) is 4.90 Å². The van der Waals surface area contributed by atoms with Gasteiger partial charge >= 0.3 is 0 Å². The third-order valence-corrected chi connectivity index (χ3v) is 5.60. The van der Waals surface area contributed by atoms with E-state index in [0.29, 0.717) is 4.90 Å². The van der Waals surface area contributed by atoms with Crippen molar-refractivity contribution in [1.82, 2.24) is 4.72 Å². The molecule has 0 spiro atoms. The van der Waals surface area contributed by atoms with Crippen molar-refractivity contribution in [3.8, 4) is 0 Å². The van der Waals surface area contributed by atoms with Gasteiger partial charge in [0.2, 0.25) is 10.0 Å². The maximum Gasteiger partial charge on any atom is 0.240 e. The molecule has 0 bridgehead atoms. The molecular weight excluding hydrogens is 258 g/mol. The first kappa shape index (κ1) is 14.5. The Kier molecular flexibility index (Phi) is 3.76. The predicted molar refractivity (Wildman–Crippen MR) is 77.7 cm³/mol. The Labute approximate surface area is 116 Å². The van der Waals surface area contributed by atoms with E-state index in [0.717, 1.165) is 30.4 Å². The minimum absolute atomic E-state index is 0.0709. The molecule has 1 aliphatic rings. The van der Waals surface area contributed by atoms with E-state index in [1.165, 1.54) is 0 Å². The number of benzene rings is 1.